The second-order valence-electron chi connectivity index (χ2n) is 5.77. The summed E-state index contributed by atoms with van der Waals surface area (Å²) in [5.41, 5.74) is 1.93. The first kappa shape index (κ1) is 13.1. The standard InChI is InChI=1S/C19H13N5/c1-11-22-14-7-5-12-10-21-19(24-16-4-2-3-9-20-16)13-6-8-15(23-11)18(14)17(12)13/h2-10H,1H3,(H,20,21,24). The van der Waals surface area contributed by atoms with Gasteiger partial charge >= 0.3 is 0 Å². The van der Waals surface area contributed by atoms with Crippen LogP contribution in [0.15, 0.2) is 54.9 Å². The van der Waals surface area contributed by atoms with Gasteiger partial charge in [0.1, 0.15) is 17.5 Å². The summed E-state index contributed by atoms with van der Waals surface area (Å²) >= 11 is 0. The largest absolute Gasteiger partial charge is 0.324 e. The molecule has 0 aliphatic heterocycles. The van der Waals surface area contributed by atoms with E-state index in [1.165, 1.54) is 0 Å². The Morgan fingerprint density at radius 1 is 0.833 bits per heavy atom. The van der Waals surface area contributed by atoms with Crippen molar-refractivity contribution in [3.63, 3.8) is 0 Å². The summed E-state index contributed by atoms with van der Waals surface area (Å²) in [4.78, 5) is 18.1. The molecule has 0 bridgehead atoms. The summed E-state index contributed by atoms with van der Waals surface area (Å²) in [5, 5.41) is 7.66. The zero-order chi connectivity index (χ0) is 16.1. The van der Waals surface area contributed by atoms with Crippen LogP contribution in [-0.2, 0) is 0 Å². The van der Waals surface area contributed by atoms with Gasteiger partial charge in [-0.25, -0.2) is 19.9 Å². The minimum Gasteiger partial charge on any atom is -0.324 e. The molecule has 0 radical (unpaired) electrons. The van der Waals surface area contributed by atoms with Crippen LogP contribution in [0.3, 0.4) is 0 Å². The molecule has 3 heterocycles. The van der Waals surface area contributed by atoms with Crippen molar-refractivity contribution in [3.05, 3.63) is 60.7 Å². The number of pyridine rings is 2. The molecule has 1 N–H and O–H groups in total. The van der Waals surface area contributed by atoms with Crippen molar-refractivity contribution in [2.75, 3.05) is 5.32 Å². The maximum absolute atomic E-state index is 4.58. The van der Waals surface area contributed by atoms with Gasteiger partial charge in [-0.3, -0.25) is 0 Å². The lowest BCUT2D eigenvalue weighted by Gasteiger charge is -2.13. The molecule has 24 heavy (non-hydrogen) atoms. The molecule has 0 aliphatic rings. The number of hydrogen-bond donors (Lipinski definition) is 1. The monoisotopic (exact) mass is 311 g/mol. The van der Waals surface area contributed by atoms with Crippen LogP contribution < -0.4 is 5.32 Å². The van der Waals surface area contributed by atoms with E-state index in [1.54, 1.807) is 6.20 Å². The lowest BCUT2D eigenvalue weighted by Crippen LogP contribution is -1.98. The fourth-order valence-corrected chi connectivity index (χ4v) is 3.21. The average molecular weight is 311 g/mol. The zero-order valence-electron chi connectivity index (χ0n) is 13.0. The highest BCUT2D eigenvalue weighted by Gasteiger charge is 2.14. The van der Waals surface area contributed by atoms with Crippen LogP contribution in [0.5, 0.6) is 0 Å². The Balaban J connectivity index is 1.84. The zero-order valence-corrected chi connectivity index (χ0v) is 13.0. The molecule has 0 fully saturated rings. The van der Waals surface area contributed by atoms with Crippen molar-refractivity contribution in [3.8, 4) is 0 Å². The Kier molecular flexibility index (Phi) is 2.64. The number of hydrogen-bond acceptors (Lipinski definition) is 5. The lowest BCUT2D eigenvalue weighted by atomic mass is 10.0. The van der Waals surface area contributed by atoms with E-state index in [0.717, 1.165) is 50.0 Å². The average Bonchev–Trinajstić information content (AvgIpc) is 2.61. The Bertz CT molecular complexity index is 1170. The van der Waals surface area contributed by atoms with Crippen molar-refractivity contribution in [1.29, 1.82) is 0 Å². The molecule has 0 saturated heterocycles. The van der Waals surface area contributed by atoms with Gasteiger partial charge in [0, 0.05) is 33.9 Å². The van der Waals surface area contributed by atoms with E-state index in [1.807, 2.05) is 43.5 Å². The fourth-order valence-electron chi connectivity index (χ4n) is 3.21. The van der Waals surface area contributed by atoms with Gasteiger partial charge in [-0.2, -0.15) is 0 Å². The third-order valence-electron chi connectivity index (χ3n) is 4.21. The minimum atomic E-state index is 0.770. The molecule has 5 nitrogen and oxygen atoms in total. The van der Waals surface area contributed by atoms with Crippen molar-refractivity contribution in [2.24, 2.45) is 0 Å². The molecule has 0 atom stereocenters. The number of nitrogens with one attached hydrogen (secondary N) is 1. The highest BCUT2D eigenvalue weighted by Crippen LogP contribution is 2.35. The Morgan fingerprint density at radius 3 is 2.46 bits per heavy atom. The van der Waals surface area contributed by atoms with E-state index in [4.69, 9.17) is 0 Å². The van der Waals surface area contributed by atoms with Gasteiger partial charge < -0.3 is 5.32 Å². The van der Waals surface area contributed by atoms with Crippen molar-refractivity contribution in [1.82, 2.24) is 19.9 Å². The maximum atomic E-state index is 4.58. The molecule has 0 amide bonds. The van der Waals surface area contributed by atoms with Crippen LogP contribution in [-0.4, -0.2) is 19.9 Å². The van der Waals surface area contributed by atoms with Gasteiger partial charge in [0.25, 0.3) is 0 Å². The number of benzene rings is 2. The van der Waals surface area contributed by atoms with Crippen LogP contribution in [0.2, 0.25) is 0 Å². The molecule has 114 valence electrons. The number of rotatable bonds is 2. The van der Waals surface area contributed by atoms with Gasteiger partial charge in [-0.05, 0) is 37.3 Å². The number of aryl methyl sites for hydroxylation is 1. The molecule has 0 aliphatic carbocycles. The smallest absolute Gasteiger partial charge is 0.139 e. The molecule has 5 rings (SSSR count). The first-order valence-electron chi connectivity index (χ1n) is 7.76. The molecule has 5 heteroatoms. The van der Waals surface area contributed by atoms with Crippen molar-refractivity contribution < 1.29 is 0 Å². The van der Waals surface area contributed by atoms with Gasteiger partial charge in [-0.15, -0.1) is 0 Å². The molecular formula is C19H13N5. The number of anilines is 2. The molecule has 0 unspecified atom stereocenters. The van der Waals surface area contributed by atoms with E-state index >= 15 is 0 Å². The summed E-state index contributed by atoms with van der Waals surface area (Å²) in [6.45, 7) is 1.92. The van der Waals surface area contributed by atoms with Gasteiger partial charge in [0.2, 0.25) is 0 Å². The minimum absolute atomic E-state index is 0.770. The van der Waals surface area contributed by atoms with Gasteiger partial charge in [0.05, 0.1) is 11.0 Å². The summed E-state index contributed by atoms with van der Waals surface area (Å²) in [6.07, 6.45) is 3.64. The van der Waals surface area contributed by atoms with Crippen molar-refractivity contribution in [2.45, 2.75) is 6.92 Å². The second-order valence-corrected chi connectivity index (χ2v) is 5.77. The predicted molar refractivity (Wildman–Crippen MR) is 95.8 cm³/mol. The SMILES string of the molecule is Cc1nc2ccc3cnc(Nc4ccccn4)c4ccc(n1)c2c34. The molecule has 0 spiro atoms. The molecular weight excluding hydrogens is 298 g/mol. The highest BCUT2D eigenvalue weighted by molar-refractivity contribution is 6.23. The van der Waals surface area contributed by atoms with E-state index in [9.17, 15) is 0 Å². The fraction of sp³-hybridized carbons (Fsp3) is 0.0526. The topological polar surface area (TPSA) is 63.6 Å². The van der Waals surface area contributed by atoms with Gasteiger partial charge in [0.15, 0.2) is 0 Å². The van der Waals surface area contributed by atoms with E-state index in [0.29, 0.717) is 0 Å². The first-order valence-corrected chi connectivity index (χ1v) is 7.76. The number of aromatic nitrogens is 4. The molecule has 0 saturated carbocycles. The Labute approximate surface area is 137 Å². The first-order chi connectivity index (χ1) is 11.8. The Morgan fingerprint density at radius 2 is 1.67 bits per heavy atom. The van der Waals surface area contributed by atoms with E-state index < -0.39 is 0 Å². The van der Waals surface area contributed by atoms with Gasteiger partial charge in [-0.1, -0.05) is 12.1 Å². The molecule has 2 aromatic carbocycles. The summed E-state index contributed by atoms with van der Waals surface area (Å²) in [7, 11) is 0. The summed E-state index contributed by atoms with van der Waals surface area (Å²) in [5.74, 6) is 2.34. The summed E-state index contributed by atoms with van der Waals surface area (Å²) in [6, 6.07) is 14.0. The highest BCUT2D eigenvalue weighted by atomic mass is 15.0. The van der Waals surface area contributed by atoms with E-state index in [2.05, 4.69) is 37.4 Å². The number of nitrogens with zero attached hydrogens (tertiary/aromatic N) is 4. The van der Waals surface area contributed by atoms with Crippen LogP contribution >= 0.6 is 0 Å². The van der Waals surface area contributed by atoms with Crippen molar-refractivity contribution >= 4 is 44.2 Å². The molecule has 3 aromatic heterocycles. The van der Waals surface area contributed by atoms with Crippen LogP contribution in [0.1, 0.15) is 5.82 Å². The van der Waals surface area contributed by atoms with Crippen LogP contribution in [0.25, 0.3) is 32.6 Å². The van der Waals surface area contributed by atoms with E-state index in [-0.39, 0.29) is 0 Å². The second kappa shape index (κ2) is 4.83. The third kappa shape index (κ3) is 1.88. The quantitative estimate of drug-likeness (QED) is 0.495. The Hall–Kier alpha value is -3.34. The molecule has 5 aromatic rings. The van der Waals surface area contributed by atoms with Crippen LogP contribution in [0.4, 0.5) is 11.6 Å². The summed E-state index contributed by atoms with van der Waals surface area (Å²) < 4.78 is 0. The lowest BCUT2D eigenvalue weighted by molar-refractivity contribution is 1.12. The third-order valence-corrected chi connectivity index (χ3v) is 4.21. The maximum Gasteiger partial charge on any atom is 0.139 e. The normalized spacial score (nSPS) is 11.5. The predicted octanol–water partition coefficient (Wildman–Crippen LogP) is 4.22. The van der Waals surface area contributed by atoms with Crippen LogP contribution in [0, 0.1) is 6.92 Å².